The Labute approximate surface area is 445 Å². The van der Waals surface area contributed by atoms with Crippen molar-refractivity contribution in [1.82, 2.24) is 33.0 Å². The molecule has 2 aromatic heterocycles. The molecular weight excluding hydrogens is 1040 g/mol. The number of halogens is 4. The van der Waals surface area contributed by atoms with Crippen molar-refractivity contribution in [2.45, 2.75) is 62.4 Å². The van der Waals surface area contributed by atoms with Gasteiger partial charge in [0.1, 0.15) is 29.6 Å². The molecule has 23 heteroatoms. The summed E-state index contributed by atoms with van der Waals surface area (Å²) in [4.78, 5) is 49.8. The molecule has 17 nitrogen and oxygen atoms in total. The number of hydrogen-bond acceptors (Lipinski definition) is 13. The van der Waals surface area contributed by atoms with Crippen LogP contribution in [0.3, 0.4) is 0 Å². The summed E-state index contributed by atoms with van der Waals surface area (Å²) < 4.78 is 105. The molecule has 2 saturated heterocycles. The number of aromatic nitrogens is 4. The molecular formula is C54H62F4N10O7S2. The molecule has 2 saturated carbocycles. The summed E-state index contributed by atoms with van der Waals surface area (Å²) in [5, 5.41) is 3.55. The van der Waals surface area contributed by atoms with Crippen LogP contribution in [-0.2, 0) is 37.7 Å². The van der Waals surface area contributed by atoms with Crippen LogP contribution in [0, 0.1) is 23.3 Å². The zero-order valence-corrected chi connectivity index (χ0v) is 44.4. The molecule has 4 atom stereocenters. The number of benzene rings is 4. The van der Waals surface area contributed by atoms with Gasteiger partial charge in [0.05, 0.1) is 23.9 Å². The maximum atomic E-state index is 13.5. The van der Waals surface area contributed by atoms with E-state index in [2.05, 4.69) is 15.3 Å². The van der Waals surface area contributed by atoms with Crippen molar-refractivity contribution in [1.29, 1.82) is 0 Å². The quantitative estimate of drug-likeness (QED) is 0.0753. The van der Waals surface area contributed by atoms with Crippen LogP contribution in [-0.4, -0.2) is 134 Å². The number of anilines is 2. The Kier molecular flexibility index (Phi) is 18.2. The normalized spacial score (nSPS) is 19.6. The molecule has 4 aromatic carbocycles. The Bertz CT molecular complexity index is 3340. The number of aldehydes is 1. The van der Waals surface area contributed by atoms with Crippen LogP contribution in [0.15, 0.2) is 119 Å². The second-order valence-corrected chi connectivity index (χ2v) is 23.5. The highest BCUT2D eigenvalue weighted by molar-refractivity contribution is 7.88. The van der Waals surface area contributed by atoms with E-state index < -0.39 is 31.7 Å². The molecule has 4 fully saturated rings. The highest BCUT2D eigenvalue weighted by Crippen LogP contribution is 2.41. The summed E-state index contributed by atoms with van der Waals surface area (Å²) in [6, 6.07) is 25.1. The zero-order chi connectivity index (χ0) is 55.0. The van der Waals surface area contributed by atoms with Gasteiger partial charge in [-0.3, -0.25) is 18.7 Å². The van der Waals surface area contributed by atoms with Crippen LogP contribution in [0.25, 0.3) is 11.4 Å². The predicted octanol–water partition coefficient (Wildman–Crippen LogP) is 4.90. The molecule has 3 N–H and O–H groups in total. The van der Waals surface area contributed by atoms with Gasteiger partial charge in [0, 0.05) is 106 Å². The number of rotatable bonds is 16. The summed E-state index contributed by atoms with van der Waals surface area (Å²) in [5.74, 6) is 0.129. The minimum absolute atomic E-state index is 0.178. The smallest absolute Gasteiger partial charge is 0.298 e. The van der Waals surface area contributed by atoms with E-state index in [1.807, 2.05) is 29.2 Å². The fourth-order valence-corrected chi connectivity index (χ4v) is 11.0. The monoisotopic (exact) mass is 1100 g/mol. The first kappa shape index (κ1) is 56.6. The third-order valence-electron chi connectivity index (χ3n) is 13.9. The van der Waals surface area contributed by atoms with Crippen LogP contribution in [0.4, 0.5) is 29.2 Å². The van der Waals surface area contributed by atoms with E-state index in [-0.39, 0.29) is 67.0 Å². The van der Waals surface area contributed by atoms with Gasteiger partial charge in [-0.2, -0.15) is 8.61 Å². The van der Waals surface area contributed by atoms with E-state index in [1.54, 1.807) is 29.4 Å². The van der Waals surface area contributed by atoms with Gasteiger partial charge in [0.25, 0.3) is 11.1 Å². The molecule has 0 unspecified atom stereocenters. The molecule has 0 bridgehead atoms. The highest BCUT2D eigenvalue weighted by atomic mass is 32.2. The third-order valence-corrected chi connectivity index (χ3v) is 16.5. The van der Waals surface area contributed by atoms with Crippen molar-refractivity contribution >= 4 is 38.0 Å². The molecule has 2 aliphatic heterocycles. The van der Waals surface area contributed by atoms with E-state index >= 15 is 0 Å². The number of carbonyl (C=O) groups is 1. The molecule has 0 amide bonds. The lowest BCUT2D eigenvalue weighted by molar-refractivity contribution is -0.107. The van der Waals surface area contributed by atoms with Gasteiger partial charge < -0.3 is 25.6 Å². The molecule has 2 aliphatic carbocycles. The Morgan fingerprint density at radius 1 is 0.571 bits per heavy atom. The Morgan fingerprint density at radius 3 is 1.32 bits per heavy atom. The second-order valence-electron chi connectivity index (χ2n) is 19.5. The average Bonchev–Trinajstić information content (AvgIpc) is 4.36. The van der Waals surface area contributed by atoms with E-state index in [1.165, 1.54) is 90.2 Å². The van der Waals surface area contributed by atoms with Gasteiger partial charge in [-0.15, -0.1) is 0 Å². The lowest BCUT2D eigenvalue weighted by atomic mass is 10.1. The molecule has 410 valence electrons. The topological polar surface area (TPSA) is 206 Å². The van der Waals surface area contributed by atoms with Gasteiger partial charge in [-0.05, 0) is 123 Å². The van der Waals surface area contributed by atoms with E-state index in [0.717, 1.165) is 49.6 Å². The lowest BCUT2D eigenvalue weighted by Gasteiger charge is -2.33. The Balaban J connectivity index is 0.000000175. The zero-order valence-electron chi connectivity index (χ0n) is 42.7. The summed E-state index contributed by atoms with van der Waals surface area (Å²) in [7, 11) is -6.59. The Morgan fingerprint density at radius 2 is 0.948 bits per heavy atom. The van der Waals surface area contributed by atoms with E-state index in [4.69, 9.17) is 5.73 Å². The molecule has 6 aromatic rings. The lowest BCUT2D eigenvalue weighted by Crippen LogP contribution is -2.50. The number of hydrogen-bond donors (Lipinski definition) is 2. The van der Waals surface area contributed by atoms with Crippen molar-refractivity contribution in [3.63, 3.8) is 0 Å². The van der Waals surface area contributed by atoms with Crippen molar-refractivity contribution < 1.29 is 39.2 Å². The minimum atomic E-state index is -3.30. The standard InChI is InChI=1S/C27H31F2N5O3S.C18H21FN4O4S.C9H10FN/c1-38(36,37)33-15-13-32(14-16-33)26-27(35)34(23-10-8-21(29)9-11-23)18-22(31-26)3-2-12-30-25-17-24(25)19-4-6-20(28)7-5-19;1-28(26,27)22-10-8-21(9-11-22)17-18(25)23(13-15(20-17)3-2-12-24)16-6-4-14(19)5-7-16;10-7-3-1-6(2-4-7)8-5-9(8)11/h4-11,18,24-25,30H,2-3,12-17H2,1H3;4-7,12-13H,2-3,8-11H2,1H3;1-4,8-9H,5,11H2/t24-,25+;;8-,9+/m0.0/s1. The number of nitrogens with two attached hydrogens (primary N) is 1. The maximum absolute atomic E-state index is 13.5. The van der Waals surface area contributed by atoms with Crippen molar-refractivity contribution in [3.05, 3.63) is 176 Å². The predicted molar refractivity (Wildman–Crippen MR) is 287 cm³/mol. The van der Waals surface area contributed by atoms with Crippen LogP contribution >= 0.6 is 0 Å². The highest BCUT2D eigenvalue weighted by Gasteiger charge is 2.38. The summed E-state index contributed by atoms with van der Waals surface area (Å²) in [6.45, 7) is 3.22. The largest absolute Gasteiger partial charge is 0.349 e. The van der Waals surface area contributed by atoms with E-state index in [9.17, 15) is 48.8 Å². The van der Waals surface area contributed by atoms with Gasteiger partial charge in [0.2, 0.25) is 20.0 Å². The van der Waals surface area contributed by atoms with Gasteiger partial charge in [0.15, 0.2) is 11.6 Å². The second kappa shape index (κ2) is 24.8. The molecule has 4 aliphatic rings. The van der Waals surface area contributed by atoms with Crippen molar-refractivity contribution in [3.8, 4) is 11.4 Å². The van der Waals surface area contributed by atoms with Crippen molar-refractivity contribution in [2.24, 2.45) is 5.73 Å². The van der Waals surface area contributed by atoms with Gasteiger partial charge in [-0.25, -0.2) is 44.4 Å². The SMILES string of the molecule is CS(=O)(=O)N1CCN(c2nc(CCC=O)cn(-c3ccc(F)cc3)c2=O)CC1.CS(=O)(=O)N1CCN(c2nc(CCCN[C@@H]3C[C@H]3c3ccc(F)cc3)cn(-c3ccc(F)cc3)c2=O)CC1.N[C@@H]1C[C@H]1c1ccc(F)cc1. The molecule has 10 rings (SSSR count). The number of aryl methyl sites for hydroxylation is 2. The first-order valence-electron chi connectivity index (χ1n) is 25.4. The van der Waals surface area contributed by atoms with Gasteiger partial charge in [-0.1, -0.05) is 24.3 Å². The van der Waals surface area contributed by atoms with Gasteiger partial charge >= 0.3 is 0 Å². The molecule has 0 spiro atoms. The first-order chi connectivity index (χ1) is 36.7. The van der Waals surface area contributed by atoms with Crippen LogP contribution in [0.2, 0.25) is 0 Å². The summed E-state index contributed by atoms with van der Waals surface area (Å²) in [5.41, 5.74) is 9.53. The number of nitrogens with zero attached hydrogens (tertiary/aromatic N) is 8. The summed E-state index contributed by atoms with van der Waals surface area (Å²) in [6.07, 6.45) is 10.5. The fraction of sp³-hybridized carbons (Fsp3) is 0.389. The van der Waals surface area contributed by atoms with Crippen LogP contribution in [0.5, 0.6) is 0 Å². The number of sulfonamides is 2. The van der Waals surface area contributed by atoms with Crippen LogP contribution in [0.1, 0.15) is 60.0 Å². The van der Waals surface area contributed by atoms with Crippen molar-refractivity contribution in [2.75, 3.05) is 81.2 Å². The number of piperazine rings is 2. The first-order valence-corrected chi connectivity index (χ1v) is 29.1. The average molecular weight is 1100 g/mol. The fourth-order valence-electron chi connectivity index (χ4n) is 9.33. The maximum Gasteiger partial charge on any atom is 0.298 e. The van der Waals surface area contributed by atoms with E-state index in [0.29, 0.717) is 80.0 Å². The molecule has 77 heavy (non-hydrogen) atoms. The minimum Gasteiger partial charge on any atom is -0.349 e. The molecule has 4 heterocycles. The number of nitrogens with one attached hydrogen (secondary N) is 1. The Hall–Kier alpha value is -6.63. The number of carbonyl (C=O) groups excluding carboxylic acids is 1. The van der Waals surface area contributed by atoms with Crippen LogP contribution < -0.4 is 32.0 Å². The summed E-state index contributed by atoms with van der Waals surface area (Å²) >= 11 is 0. The third kappa shape index (κ3) is 15.1. The molecule has 0 radical (unpaired) electrons.